The molecular formula is C33H54N2O3. The highest BCUT2D eigenvalue weighted by molar-refractivity contribution is 5.77. The van der Waals surface area contributed by atoms with Gasteiger partial charge in [0.15, 0.2) is 0 Å². The van der Waals surface area contributed by atoms with Gasteiger partial charge in [-0.1, -0.05) is 59.6 Å². The van der Waals surface area contributed by atoms with Gasteiger partial charge in [0, 0.05) is 24.2 Å². The molecule has 5 nitrogen and oxygen atoms in total. The second-order valence-electron chi connectivity index (χ2n) is 15.7. The lowest BCUT2D eigenvalue weighted by Gasteiger charge is -2.72. The minimum atomic E-state index is -0.139. The number of nitrogens with two attached hydrogens (primary N) is 1. The van der Waals surface area contributed by atoms with Crippen molar-refractivity contribution >= 4 is 11.9 Å². The van der Waals surface area contributed by atoms with Gasteiger partial charge in [-0.15, -0.1) is 0 Å². The SMILES string of the molecule is CC(=O)O[C@H]1CC[C@]2(C)[C@H]3CC[C@@H]4C5=C(C(C)C)CC[C@]5(CC(=O)NN)CC[C@@]4(C)[C@]3(C)CC[C@H]2C1(C)C. The molecule has 38 heavy (non-hydrogen) atoms. The molecule has 0 aliphatic heterocycles. The fourth-order valence-corrected chi connectivity index (χ4v) is 11.8. The molecule has 8 atom stereocenters. The number of hydrogen-bond acceptors (Lipinski definition) is 4. The molecule has 0 unspecified atom stereocenters. The third-order valence-electron chi connectivity index (χ3n) is 13.7. The largest absolute Gasteiger partial charge is 0.462 e. The zero-order chi connectivity index (χ0) is 27.9. The van der Waals surface area contributed by atoms with E-state index >= 15 is 0 Å². The normalized spacial score (nSPS) is 45.5. The molecule has 4 saturated carbocycles. The van der Waals surface area contributed by atoms with E-state index in [0.29, 0.717) is 30.1 Å². The summed E-state index contributed by atoms with van der Waals surface area (Å²) in [5, 5.41) is 0. The molecule has 3 N–H and O–H groups in total. The molecule has 0 saturated heterocycles. The van der Waals surface area contributed by atoms with Crippen LogP contribution in [0.4, 0.5) is 0 Å². The molecule has 4 fully saturated rings. The third-order valence-corrected chi connectivity index (χ3v) is 13.7. The average molecular weight is 527 g/mol. The Morgan fingerprint density at radius 2 is 1.63 bits per heavy atom. The summed E-state index contributed by atoms with van der Waals surface area (Å²) in [5.74, 6) is 7.82. The van der Waals surface area contributed by atoms with Gasteiger partial charge in [-0.2, -0.15) is 0 Å². The van der Waals surface area contributed by atoms with Crippen molar-refractivity contribution in [3.8, 4) is 0 Å². The van der Waals surface area contributed by atoms with Crippen molar-refractivity contribution in [3.63, 3.8) is 0 Å². The number of esters is 1. The predicted octanol–water partition coefficient (Wildman–Crippen LogP) is 7.10. The first-order chi connectivity index (χ1) is 17.7. The van der Waals surface area contributed by atoms with Crippen molar-refractivity contribution in [2.75, 3.05) is 0 Å². The Labute approximate surface area is 231 Å². The molecule has 1 amide bonds. The van der Waals surface area contributed by atoms with Gasteiger partial charge in [-0.05, 0) is 104 Å². The topological polar surface area (TPSA) is 81.4 Å². The maximum atomic E-state index is 12.7. The summed E-state index contributed by atoms with van der Waals surface area (Å²) in [4.78, 5) is 24.6. The number of hydrazine groups is 1. The summed E-state index contributed by atoms with van der Waals surface area (Å²) >= 11 is 0. The van der Waals surface area contributed by atoms with Crippen LogP contribution < -0.4 is 11.3 Å². The van der Waals surface area contributed by atoms with Crippen molar-refractivity contribution < 1.29 is 14.3 Å². The Balaban J connectivity index is 1.53. The number of allylic oxidation sites excluding steroid dienone is 2. The average Bonchev–Trinajstić information content (AvgIpc) is 3.21. The first-order valence-corrected chi connectivity index (χ1v) is 15.6. The number of nitrogens with one attached hydrogen (secondary N) is 1. The zero-order valence-electron chi connectivity index (χ0n) is 25.5. The Bertz CT molecular complexity index is 1030. The lowest BCUT2D eigenvalue weighted by atomic mass is 9.33. The summed E-state index contributed by atoms with van der Waals surface area (Å²) in [6, 6.07) is 0. The van der Waals surface area contributed by atoms with E-state index < -0.39 is 0 Å². The van der Waals surface area contributed by atoms with Crippen LogP contribution in [0.2, 0.25) is 0 Å². The zero-order valence-corrected chi connectivity index (χ0v) is 25.5. The lowest BCUT2D eigenvalue weighted by Crippen LogP contribution is -2.65. The van der Waals surface area contributed by atoms with E-state index in [4.69, 9.17) is 10.6 Å². The molecule has 0 aromatic rings. The second kappa shape index (κ2) is 9.08. The third kappa shape index (κ3) is 3.72. The molecule has 0 aromatic heterocycles. The molecule has 0 spiro atoms. The van der Waals surface area contributed by atoms with E-state index in [1.54, 1.807) is 18.1 Å². The quantitative estimate of drug-likeness (QED) is 0.135. The number of rotatable bonds is 4. The number of hydrogen-bond donors (Lipinski definition) is 2. The number of carbonyl (C=O) groups excluding carboxylic acids is 2. The number of carbonyl (C=O) groups is 2. The van der Waals surface area contributed by atoms with Gasteiger partial charge < -0.3 is 4.74 Å². The summed E-state index contributed by atoms with van der Waals surface area (Å²) < 4.78 is 5.91. The molecular weight excluding hydrogens is 472 g/mol. The maximum Gasteiger partial charge on any atom is 0.302 e. The molecule has 0 bridgehead atoms. The van der Waals surface area contributed by atoms with Crippen LogP contribution in [0.25, 0.3) is 0 Å². The molecule has 5 heteroatoms. The number of ether oxygens (including phenoxy) is 1. The van der Waals surface area contributed by atoms with Crippen LogP contribution in [-0.4, -0.2) is 18.0 Å². The Morgan fingerprint density at radius 1 is 0.921 bits per heavy atom. The van der Waals surface area contributed by atoms with Gasteiger partial charge in [-0.3, -0.25) is 15.0 Å². The standard InChI is InChI=1S/C33H54N2O3/c1-20(2)22-11-16-33(19-27(37)35-34)18-17-31(7)23(28(22)33)9-10-25-30(6)14-13-26(38-21(3)36)29(4,5)24(30)12-15-32(25,31)8/h20,23-26H,9-19,34H2,1-8H3,(H,35,37)/t23-,24+,25-,26+,30+,31-,32-,33-/m1/s1. The molecule has 5 aliphatic rings. The minimum absolute atomic E-state index is 0.00160. The van der Waals surface area contributed by atoms with Gasteiger partial charge in [0.1, 0.15) is 6.10 Å². The smallest absolute Gasteiger partial charge is 0.302 e. The van der Waals surface area contributed by atoms with Crippen LogP contribution in [0.15, 0.2) is 11.1 Å². The summed E-state index contributed by atoms with van der Waals surface area (Å²) in [6.45, 7) is 18.9. The van der Waals surface area contributed by atoms with Crippen LogP contribution in [0.1, 0.15) is 126 Å². The van der Waals surface area contributed by atoms with Gasteiger partial charge >= 0.3 is 5.97 Å². The molecule has 5 rings (SSSR count). The van der Waals surface area contributed by atoms with Crippen molar-refractivity contribution in [2.45, 2.75) is 132 Å². The van der Waals surface area contributed by atoms with E-state index in [0.717, 1.165) is 32.1 Å². The van der Waals surface area contributed by atoms with Crippen molar-refractivity contribution in [1.82, 2.24) is 5.43 Å². The van der Waals surface area contributed by atoms with Gasteiger partial charge in [0.25, 0.3) is 0 Å². The molecule has 0 radical (unpaired) electrons. The van der Waals surface area contributed by atoms with E-state index in [1.165, 1.54) is 32.1 Å². The predicted molar refractivity (Wildman–Crippen MR) is 152 cm³/mol. The highest BCUT2D eigenvalue weighted by atomic mass is 16.5. The Kier molecular flexibility index (Phi) is 6.73. The second-order valence-corrected chi connectivity index (χ2v) is 15.7. The molecule has 0 aromatic carbocycles. The first-order valence-electron chi connectivity index (χ1n) is 15.6. The van der Waals surface area contributed by atoms with Crippen molar-refractivity contribution in [2.24, 2.45) is 56.6 Å². The van der Waals surface area contributed by atoms with Crippen LogP contribution >= 0.6 is 0 Å². The first kappa shape index (κ1) is 28.2. The summed E-state index contributed by atoms with van der Waals surface area (Å²) in [5.41, 5.74) is 6.56. The van der Waals surface area contributed by atoms with E-state index in [2.05, 4.69) is 53.9 Å². The van der Waals surface area contributed by atoms with Crippen molar-refractivity contribution in [3.05, 3.63) is 11.1 Å². The van der Waals surface area contributed by atoms with Gasteiger partial charge in [0.2, 0.25) is 5.91 Å². The molecule has 214 valence electrons. The minimum Gasteiger partial charge on any atom is -0.462 e. The van der Waals surface area contributed by atoms with Crippen LogP contribution in [-0.2, 0) is 14.3 Å². The Morgan fingerprint density at radius 3 is 2.26 bits per heavy atom. The van der Waals surface area contributed by atoms with Crippen LogP contribution in [0, 0.1) is 50.7 Å². The van der Waals surface area contributed by atoms with Gasteiger partial charge in [-0.25, -0.2) is 5.84 Å². The maximum absolute atomic E-state index is 12.7. The lowest BCUT2D eigenvalue weighted by molar-refractivity contribution is -0.232. The highest BCUT2D eigenvalue weighted by Gasteiger charge is 2.69. The number of fused-ring (bicyclic) bond motifs is 7. The van der Waals surface area contributed by atoms with Crippen LogP contribution in [0.3, 0.4) is 0 Å². The van der Waals surface area contributed by atoms with E-state index in [9.17, 15) is 9.59 Å². The Hall–Kier alpha value is -1.36. The fraction of sp³-hybridized carbons (Fsp3) is 0.879. The van der Waals surface area contributed by atoms with E-state index in [1.807, 2.05) is 0 Å². The summed E-state index contributed by atoms with van der Waals surface area (Å²) in [6.07, 6.45) is 12.3. The molecule has 0 heterocycles. The van der Waals surface area contributed by atoms with Crippen molar-refractivity contribution in [1.29, 1.82) is 0 Å². The fourth-order valence-electron chi connectivity index (χ4n) is 11.8. The molecule has 5 aliphatic carbocycles. The monoisotopic (exact) mass is 526 g/mol. The summed E-state index contributed by atoms with van der Waals surface area (Å²) in [7, 11) is 0. The van der Waals surface area contributed by atoms with E-state index in [-0.39, 0.29) is 45.1 Å². The highest BCUT2D eigenvalue weighted by Crippen LogP contribution is 2.77. The van der Waals surface area contributed by atoms with Gasteiger partial charge in [0.05, 0.1) is 0 Å². The van der Waals surface area contributed by atoms with Crippen LogP contribution in [0.5, 0.6) is 0 Å². The number of amides is 1.